The lowest BCUT2D eigenvalue weighted by Crippen LogP contribution is -2.23. The van der Waals surface area contributed by atoms with E-state index >= 15 is 0 Å². The Morgan fingerprint density at radius 2 is 0.831 bits per heavy atom. The number of carbonyl (C=O) groups is 1. The minimum absolute atomic E-state index is 0.0497. The van der Waals surface area contributed by atoms with Gasteiger partial charge in [0.25, 0.3) is 0 Å². The number of carboxylic acids is 1. The van der Waals surface area contributed by atoms with Gasteiger partial charge < -0.3 is 24.1 Å². The Bertz CT molecular complexity index is 2500. The van der Waals surface area contributed by atoms with E-state index in [2.05, 4.69) is 106 Å². The fourth-order valence-corrected chi connectivity index (χ4v) is 8.46. The Morgan fingerprint density at radius 3 is 1.25 bits per heavy atom. The molecule has 0 heterocycles. The first-order valence-corrected chi connectivity index (χ1v) is 20.6. The molecule has 0 aliphatic carbocycles. The Hall–Kier alpha value is -7.02. The first-order valence-electron chi connectivity index (χ1n) is 19.4. The molecule has 0 aromatic heterocycles. The van der Waals surface area contributed by atoms with Crippen LogP contribution in [0.3, 0.4) is 0 Å². The third kappa shape index (κ3) is 10.3. The van der Waals surface area contributed by atoms with Crippen molar-refractivity contribution in [2.24, 2.45) is 0 Å². The van der Waals surface area contributed by atoms with Crippen molar-refractivity contribution in [1.82, 2.24) is 0 Å². The highest BCUT2D eigenvalue weighted by Gasteiger charge is 2.29. The molecule has 0 atom stereocenters. The van der Waals surface area contributed by atoms with Gasteiger partial charge in [-0.15, -0.1) is 0 Å². The molecule has 0 amide bonds. The largest absolute Gasteiger partial charge is 0.545 e. The molecule has 0 aliphatic heterocycles. The van der Waals surface area contributed by atoms with Crippen molar-refractivity contribution in [3.05, 3.63) is 223 Å². The van der Waals surface area contributed by atoms with Crippen LogP contribution in [0.4, 0.5) is 0 Å². The normalized spacial score (nSPS) is 10.9. The maximum atomic E-state index is 12.4. The Morgan fingerprint density at radius 1 is 0.458 bits per heavy atom. The molecule has 8 aromatic carbocycles. The molecule has 6 heteroatoms. The second-order valence-electron chi connectivity index (χ2n) is 14.6. The average molecular weight is 793 g/mol. The number of hydrogen-bond donors (Lipinski definition) is 0. The summed E-state index contributed by atoms with van der Waals surface area (Å²) in [6.45, 7) is 6.78. The van der Waals surface area contributed by atoms with Gasteiger partial charge >= 0.3 is 0 Å². The number of ether oxygens (including phenoxy) is 3. The van der Waals surface area contributed by atoms with Crippen LogP contribution in [-0.4, -0.2) is 5.97 Å². The van der Waals surface area contributed by atoms with Crippen molar-refractivity contribution in [2.45, 2.75) is 40.9 Å². The van der Waals surface area contributed by atoms with E-state index in [0.717, 1.165) is 0 Å². The van der Waals surface area contributed by atoms with E-state index in [9.17, 15) is 9.90 Å². The number of carboxylic acid groups (broad SMARTS) is 1. The summed E-state index contributed by atoms with van der Waals surface area (Å²) in [5.74, 6) is 0.799. The molecule has 0 radical (unpaired) electrons. The molecular formula is C53H44O5S. The second-order valence-corrected chi connectivity index (χ2v) is 16.6. The molecule has 0 fully saturated rings. The third-order valence-corrected chi connectivity index (χ3v) is 11.5. The smallest absolute Gasteiger partial charge is 0.213 e. The highest BCUT2D eigenvalue weighted by molar-refractivity contribution is 7.97. The maximum Gasteiger partial charge on any atom is 0.213 e. The number of aromatic carboxylic acids is 1. The zero-order valence-electron chi connectivity index (χ0n) is 33.2. The standard InChI is InChI=1S/C31H22O5.C22H23S/c32-31(33)26-21-27(34-23-15-7-2-8-16-23)29(35-24-17-9-3-10-18-24)30(36-25-19-11-4-12-20-25)28(26)22-13-5-1-6-14-22;1-22(2,3)18-14-16-21(17-15-18)23(19-10-6-4-7-11-19)20-12-8-5-9-13-20/h1-21H,(H,32,33);4-17H,1-3H3/q;+1/p-1. The van der Waals surface area contributed by atoms with Crippen LogP contribution >= 0.6 is 0 Å². The molecule has 8 aromatic rings. The van der Waals surface area contributed by atoms with E-state index in [1.54, 1.807) is 36.4 Å². The van der Waals surface area contributed by atoms with Gasteiger partial charge in [-0.2, -0.15) is 0 Å². The number of benzene rings is 8. The molecule has 0 bridgehead atoms. The third-order valence-electron chi connectivity index (χ3n) is 9.30. The first-order chi connectivity index (χ1) is 28.7. The van der Waals surface area contributed by atoms with E-state index in [-0.39, 0.29) is 39.1 Å². The van der Waals surface area contributed by atoms with Gasteiger partial charge in [-0.25, -0.2) is 0 Å². The topological polar surface area (TPSA) is 67.8 Å². The lowest BCUT2D eigenvalue weighted by molar-refractivity contribution is -0.255. The summed E-state index contributed by atoms with van der Waals surface area (Å²) in [6.07, 6.45) is 0. The lowest BCUT2D eigenvalue weighted by atomic mass is 9.87. The Balaban J connectivity index is 0.000000198. The van der Waals surface area contributed by atoms with Crippen LogP contribution in [-0.2, 0) is 16.3 Å². The monoisotopic (exact) mass is 792 g/mol. The highest BCUT2D eigenvalue weighted by Crippen LogP contribution is 2.51. The Kier molecular flexibility index (Phi) is 12.9. The van der Waals surface area contributed by atoms with E-state index < -0.39 is 5.97 Å². The summed E-state index contributed by atoms with van der Waals surface area (Å²) in [7, 11) is -0.0497. The van der Waals surface area contributed by atoms with Gasteiger partial charge in [0.15, 0.2) is 26.2 Å². The molecule has 59 heavy (non-hydrogen) atoms. The summed E-state index contributed by atoms with van der Waals surface area (Å²) >= 11 is 0. The molecule has 292 valence electrons. The molecule has 0 saturated carbocycles. The summed E-state index contributed by atoms with van der Waals surface area (Å²) in [4.78, 5) is 16.5. The lowest BCUT2D eigenvalue weighted by Gasteiger charge is -2.23. The molecule has 5 nitrogen and oxygen atoms in total. The van der Waals surface area contributed by atoms with Crippen molar-refractivity contribution in [2.75, 3.05) is 0 Å². The van der Waals surface area contributed by atoms with E-state index in [0.29, 0.717) is 28.4 Å². The van der Waals surface area contributed by atoms with Crippen molar-refractivity contribution in [1.29, 1.82) is 0 Å². The second kappa shape index (κ2) is 18.9. The molecule has 0 N–H and O–H groups in total. The summed E-state index contributed by atoms with van der Waals surface area (Å²) in [6, 6.07) is 68.6. The summed E-state index contributed by atoms with van der Waals surface area (Å²) in [5.41, 5.74) is 2.44. The quantitative estimate of drug-likeness (QED) is 0.122. The fourth-order valence-electron chi connectivity index (χ4n) is 6.38. The van der Waals surface area contributed by atoms with E-state index in [1.807, 2.05) is 84.9 Å². The van der Waals surface area contributed by atoms with Gasteiger partial charge in [0.05, 0.1) is 16.9 Å². The fraction of sp³-hybridized carbons (Fsp3) is 0.0755. The van der Waals surface area contributed by atoms with Crippen molar-refractivity contribution in [3.8, 4) is 45.6 Å². The average Bonchev–Trinajstić information content (AvgIpc) is 3.27. The number of hydrogen-bond acceptors (Lipinski definition) is 5. The number of carbonyl (C=O) groups excluding carboxylic acids is 1. The van der Waals surface area contributed by atoms with Gasteiger partial charge in [0, 0.05) is 11.1 Å². The van der Waals surface area contributed by atoms with Crippen molar-refractivity contribution >= 4 is 16.9 Å². The van der Waals surface area contributed by atoms with Crippen LogP contribution in [0, 0.1) is 0 Å². The van der Waals surface area contributed by atoms with Crippen LogP contribution in [0.25, 0.3) is 11.1 Å². The van der Waals surface area contributed by atoms with Gasteiger partial charge in [0.1, 0.15) is 17.2 Å². The van der Waals surface area contributed by atoms with Gasteiger partial charge in [0.2, 0.25) is 5.75 Å². The predicted molar refractivity (Wildman–Crippen MR) is 236 cm³/mol. The van der Waals surface area contributed by atoms with E-state index in [4.69, 9.17) is 14.2 Å². The molecule has 0 unspecified atom stereocenters. The first kappa shape index (κ1) is 40.2. The van der Waals surface area contributed by atoms with Crippen LogP contribution in [0.2, 0.25) is 0 Å². The van der Waals surface area contributed by atoms with Crippen molar-refractivity contribution < 1.29 is 24.1 Å². The SMILES string of the molecule is CC(C)(C)c1ccc([S+](c2ccccc2)c2ccccc2)cc1.O=C([O-])c1cc(Oc2ccccc2)c(Oc2ccccc2)c(Oc2ccccc2)c1-c1ccccc1. The van der Waals surface area contributed by atoms with Crippen LogP contribution in [0.1, 0.15) is 36.7 Å². The van der Waals surface area contributed by atoms with Gasteiger partial charge in [-0.3, -0.25) is 0 Å². The minimum atomic E-state index is -1.36. The number of rotatable bonds is 11. The minimum Gasteiger partial charge on any atom is -0.545 e. The Labute approximate surface area is 349 Å². The number of para-hydroxylation sites is 3. The predicted octanol–water partition coefficient (Wildman–Crippen LogP) is 13.2. The highest BCUT2D eigenvalue weighted by atomic mass is 32.2. The zero-order chi connectivity index (χ0) is 41.0. The van der Waals surface area contributed by atoms with Crippen LogP contribution in [0.15, 0.2) is 227 Å². The molecule has 0 aliphatic rings. The molecular weight excluding hydrogens is 749 g/mol. The molecule has 0 spiro atoms. The molecule has 8 rings (SSSR count). The summed E-state index contributed by atoms with van der Waals surface area (Å²) in [5, 5.41) is 12.4. The van der Waals surface area contributed by atoms with Crippen molar-refractivity contribution in [3.63, 3.8) is 0 Å². The zero-order valence-corrected chi connectivity index (χ0v) is 34.0. The van der Waals surface area contributed by atoms with Crippen LogP contribution < -0.4 is 19.3 Å². The summed E-state index contributed by atoms with van der Waals surface area (Å²) < 4.78 is 18.8. The van der Waals surface area contributed by atoms with Gasteiger partial charge in [-0.05, 0) is 95.4 Å². The van der Waals surface area contributed by atoms with Crippen LogP contribution in [0.5, 0.6) is 34.5 Å². The molecule has 0 saturated heterocycles. The van der Waals surface area contributed by atoms with E-state index in [1.165, 1.54) is 26.3 Å². The maximum absolute atomic E-state index is 12.4. The van der Waals surface area contributed by atoms with Gasteiger partial charge in [-0.1, -0.05) is 154 Å².